The van der Waals surface area contributed by atoms with E-state index in [2.05, 4.69) is 60.7 Å². The fourth-order valence-corrected chi connectivity index (χ4v) is 5.22. The number of benzene rings is 6. The van der Waals surface area contributed by atoms with Crippen LogP contribution in [0.15, 0.2) is 114 Å². The Morgan fingerprint density at radius 3 is 1.91 bits per heavy atom. The number of hydrogen-bond donors (Lipinski definition) is 0. The van der Waals surface area contributed by atoms with Gasteiger partial charge in [0, 0.05) is 16.2 Å². The quantitative estimate of drug-likeness (QED) is 0.250. The number of para-hydroxylation sites is 1. The van der Waals surface area contributed by atoms with Crippen molar-refractivity contribution in [3.63, 3.8) is 0 Å². The van der Waals surface area contributed by atoms with Gasteiger partial charge < -0.3 is 13.9 Å². The highest BCUT2D eigenvalue weighted by Gasteiger charge is 2.24. The Kier molecular flexibility index (Phi) is 3.66. The lowest BCUT2D eigenvalue weighted by molar-refractivity contribution is 0.364. The summed E-state index contributed by atoms with van der Waals surface area (Å²) in [5.41, 5.74) is 3.92. The van der Waals surface area contributed by atoms with Crippen molar-refractivity contribution in [1.82, 2.24) is 0 Å². The molecule has 3 heteroatoms. The second kappa shape index (κ2) is 6.87. The van der Waals surface area contributed by atoms with Crippen molar-refractivity contribution in [2.75, 3.05) is 0 Å². The standard InChI is InChI=1S/C32H18O3/c1-2-8-20-16-30-29(15-19(20)7-1)34-31-18-26(22-9-3-4-11-25(22)32(31)35-30)21-13-14-24-23-10-5-6-12-27(23)33-28(24)17-21/h1-18H. The highest BCUT2D eigenvalue weighted by molar-refractivity contribution is 6.08. The normalized spacial score (nSPS) is 12.5. The molecule has 0 bridgehead atoms. The lowest BCUT2D eigenvalue weighted by Gasteiger charge is -2.24. The van der Waals surface area contributed by atoms with E-state index in [4.69, 9.17) is 13.9 Å². The summed E-state index contributed by atoms with van der Waals surface area (Å²) in [5.74, 6) is 2.92. The van der Waals surface area contributed by atoms with Crippen LogP contribution in [0.3, 0.4) is 0 Å². The molecule has 0 aliphatic carbocycles. The smallest absolute Gasteiger partial charge is 0.177 e. The third-order valence-electron chi connectivity index (χ3n) is 6.89. The molecule has 0 atom stereocenters. The van der Waals surface area contributed by atoms with Crippen LogP contribution in [0.4, 0.5) is 0 Å². The van der Waals surface area contributed by atoms with E-state index in [1.54, 1.807) is 0 Å². The van der Waals surface area contributed by atoms with Gasteiger partial charge in [-0.05, 0) is 63.7 Å². The topological polar surface area (TPSA) is 31.6 Å². The SMILES string of the molecule is c1ccc2cc3c(cc2c1)Oc1cc(-c2ccc4c(c2)oc2ccccc24)c2ccccc2c1O3. The molecule has 0 fully saturated rings. The summed E-state index contributed by atoms with van der Waals surface area (Å²) in [7, 11) is 0. The van der Waals surface area contributed by atoms with Crippen molar-refractivity contribution in [1.29, 1.82) is 0 Å². The number of rotatable bonds is 1. The second-order valence-corrected chi connectivity index (χ2v) is 8.96. The molecule has 0 amide bonds. The minimum atomic E-state index is 0.714. The molecule has 0 N–H and O–H groups in total. The van der Waals surface area contributed by atoms with Gasteiger partial charge in [0.05, 0.1) is 0 Å². The Bertz CT molecular complexity index is 1960. The van der Waals surface area contributed by atoms with Gasteiger partial charge in [-0.15, -0.1) is 0 Å². The number of furan rings is 1. The van der Waals surface area contributed by atoms with Gasteiger partial charge in [0.1, 0.15) is 11.2 Å². The summed E-state index contributed by atoms with van der Waals surface area (Å²) >= 11 is 0. The van der Waals surface area contributed by atoms with Gasteiger partial charge in [-0.2, -0.15) is 0 Å². The predicted octanol–water partition coefficient (Wildman–Crippen LogP) is 9.46. The molecule has 7 aromatic rings. The molecule has 1 aliphatic rings. The monoisotopic (exact) mass is 450 g/mol. The predicted molar refractivity (Wildman–Crippen MR) is 141 cm³/mol. The summed E-state index contributed by atoms with van der Waals surface area (Å²) in [6.45, 7) is 0. The summed E-state index contributed by atoms with van der Waals surface area (Å²) in [5, 5.41) is 6.61. The average Bonchev–Trinajstić information content (AvgIpc) is 3.28. The summed E-state index contributed by atoms with van der Waals surface area (Å²) in [4.78, 5) is 0. The lowest BCUT2D eigenvalue weighted by atomic mass is 9.96. The second-order valence-electron chi connectivity index (χ2n) is 8.96. The van der Waals surface area contributed by atoms with Gasteiger partial charge >= 0.3 is 0 Å². The molecule has 35 heavy (non-hydrogen) atoms. The average molecular weight is 450 g/mol. The molecule has 164 valence electrons. The minimum Gasteiger partial charge on any atom is -0.456 e. The Balaban J connectivity index is 1.34. The Morgan fingerprint density at radius 2 is 1.09 bits per heavy atom. The van der Waals surface area contributed by atoms with Crippen molar-refractivity contribution in [2.24, 2.45) is 0 Å². The molecular formula is C32H18O3. The number of hydrogen-bond acceptors (Lipinski definition) is 3. The van der Waals surface area contributed by atoms with Crippen molar-refractivity contribution in [3.05, 3.63) is 109 Å². The van der Waals surface area contributed by atoms with Gasteiger partial charge in [0.15, 0.2) is 23.0 Å². The molecular weight excluding hydrogens is 432 g/mol. The first-order valence-corrected chi connectivity index (χ1v) is 11.7. The van der Waals surface area contributed by atoms with Crippen molar-refractivity contribution in [2.45, 2.75) is 0 Å². The number of ether oxygens (including phenoxy) is 2. The molecule has 8 rings (SSSR count). The largest absolute Gasteiger partial charge is 0.456 e. The van der Waals surface area contributed by atoms with Crippen molar-refractivity contribution < 1.29 is 13.9 Å². The van der Waals surface area contributed by atoms with Crippen LogP contribution in [0.5, 0.6) is 23.0 Å². The first-order chi connectivity index (χ1) is 17.3. The van der Waals surface area contributed by atoms with Crippen molar-refractivity contribution in [3.8, 4) is 34.1 Å². The maximum absolute atomic E-state index is 6.46. The van der Waals surface area contributed by atoms with E-state index >= 15 is 0 Å². The van der Waals surface area contributed by atoms with Crippen LogP contribution in [0.1, 0.15) is 0 Å². The summed E-state index contributed by atoms with van der Waals surface area (Å²) in [6, 6.07) is 37.3. The van der Waals surface area contributed by atoms with Gasteiger partial charge in [-0.25, -0.2) is 0 Å². The van der Waals surface area contributed by atoms with Crippen LogP contribution in [0.2, 0.25) is 0 Å². The fraction of sp³-hybridized carbons (Fsp3) is 0. The van der Waals surface area contributed by atoms with E-state index in [9.17, 15) is 0 Å². The molecule has 6 aromatic carbocycles. The maximum atomic E-state index is 6.46. The molecule has 1 aliphatic heterocycles. The van der Waals surface area contributed by atoms with Crippen LogP contribution in [-0.2, 0) is 0 Å². The fourth-order valence-electron chi connectivity index (χ4n) is 5.22. The van der Waals surface area contributed by atoms with Crippen LogP contribution < -0.4 is 9.47 Å². The maximum Gasteiger partial charge on any atom is 0.177 e. The number of fused-ring (bicyclic) bond motifs is 8. The molecule has 0 spiro atoms. The Morgan fingerprint density at radius 1 is 0.429 bits per heavy atom. The van der Waals surface area contributed by atoms with Crippen LogP contribution in [0.25, 0.3) is 54.6 Å². The highest BCUT2D eigenvalue weighted by atomic mass is 16.6. The lowest BCUT2D eigenvalue weighted by Crippen LogP contribution is -2.00. The molecule has 0 saturated heterocycles. The summed E-state index contributed by atoms with van der Waals surface area (Å²) in [6.07, 6.45) is 0. The van der Waals surface area contributed by atoms with Crippen LogP contribution in [-0.4, -0.2) is 0 Å². The van der Waals surface area contributed by atoms with Gasteiger partial charge in [0.25, 0.3) is 0 Å². The Hall–Kier alpha value is -4.76. The van der Waals surface area contributed by atoms with E-state index in [-0.39, 0.29) is 0 Å². The van der Waals surface area contributed by atoms with Crippen LogP contribution >= 0.6 is 0 Å². The molecule has 3 nitrogen and oxygen atoms in total. The van der Waals surface area contributed by atoms with E-state index < -0.39 is 0 Å². The molecule has 0 radical (unpaired) electrons. The highest BCUT2D eigenvalue weighted by Crippen LogP contribution is 2.52. The minimum absolute atomic E-state index is 0.714. The van der Waals surface area contributed by atoms with Gasteiger partial charge in [0.2, 0.25) is 0 Å². The van der Waals surface area contributed by atoms with Crippen LogP contribution in [0, 0.1) is 0 Å². The third kappa shape index (κ3) is 2.72. The first kappa shape index (κ1) is 18.6. The van der Waals surface area contributed by atoms with Gasteiger partial charge in [-0.3, -0.25) is 0 Å². The Labute approximate surface area is 200 Å². The van der Waals surface area contributed by atoms with E-state index in [0.717, 1.165) is 71.9 Å². The van der Waals surface area contributed by atoms with E-state index in [0.29, 0.717) is 5.75 Å². The summed E-state index contributed by atoms with van der Waals surface area (Å²) < 4.78 is 19.1. The van der Waals surface area contributed by atoms with E-state index in [1.807, 2.05) is 48.5 Å². The molecule has 1 aromatic heterocycles. The zero-order chi connectivity index (χ0) is 22.9. The molecule has 0 unspecified atom stereocenters. The first-order valence-electron chi connectivity index (χ1n) is 11.7. The zero-order valence-electron chi connectivity index (χ0n) is 18.6. The van der Waals surface area contributed by atoms with Gasteiger partial charge in [-0.1, -0.05) is 72.8 Å². The van der Waals surface area contributed by atoms with Crippen molar-refractivity contribution >= 4 is 43.5 Å². The third-order valence-corrected chi connectivity index (χ3v) is 6.89. The molecule has 0 saturated carbocycles. The molecule has 2 heterocycles. The van der Waals surface area contributed by atoms with E-state index in [1.165, 1.54) is 0 Å². The zero-order valence-corrected chi connectivity index (χ0v) is 18.6.